The quantitative estimate of drug-likeness (QED) is 0.849. The number of methoxy groups -OCH3 is 1. The number of ether oxygens (including phenoxy) is 1. The van der Waals surface area contributed by atoms with E-state index in [-0.39, 0.29) is 17.6 Å². The van der Waals surface area contributed by atoms with Crippen molar-refractivity contribution in [3.63, 3.8) is 0 Å². The molecule has 4 nitrogen and oxygen atoms in total. The molecule has 2 rings (SSSR count). The molecule has 0 spiro atoms. The number of benzene rings is 1. The van der Waals surface area contributed by atoms with Crippen molar-refractivity contribution >= 4 is 0 Å². The van der Waals surface area contributed by atoms with Crippen LogP contribution in [0.1, 0.15) is 17.4 Å². The number of nitrogens with two attached hydrogens (primary N) is 1. The Labute approximate surface area is 98.6 Å². The first-order valence-electron chi connectivity index (χ1n) is 5.28. The second-order valence-corrected chi connectivity index (χ2v) is 3.72. The van der Waals surface area contributed by atoms with Gasteiger partial charge in [0.05, 0.1) is 13.2 Å². The third-order valence-corrected chi connectivity index (χ3v) is 2.57. The standard InChI is InChI=1S/C12H14FN3O/c1-17-10-4-2-3-8(11(10)13)7-9(14)12-15-5-6-16-12/h2-6,9H,7,14H2,1H3,(H,15,16). The Balaban J connectivity index is 2.19. The molecule has 0 aliphatic rings. The number of aromatic nitrogens is 2. The zero-order chi connectivity index (χ0) is 12.3. The topological polar surface area (TPSA) is 63.9 Å². The highest BCUT2D eigenvalue weighted by Gasteiger charge is 2.14. The van der Waals surface area contributed by atoms with Crippen LogP contribution in [-0.2, 0) is 6.42 Å². The zero-order valence-corrected chi connectivity index (χ0v) is 9.48. The first kappa shape index (κ1) is 11.6. The molecule has 0 bridgehead atoms. The van der Waals surface area contributed by atoms with Gasteiger partial charge in [-0.05, 0) is 18.1 Å². The van der Waals surface area contributed by atoms with E-state index in [9.17, 15) is 4.39 Å². The van der Waals surface area contributed by atoms with E-state index in [1.807, 2.05) is 0 Å². The highest BCUT2D eigenvalue weighted by atomic mass is 19.1. The molecule has 5 heteroatoms. The van der Waals surface area contributed by atoms with Crippen LogP contribution in [0, 0.1) is 5.82 Å². The van der Waals surface area contributed by atoms with Gasteiger partial charge in [0.1, 0.15) is 5.82 Å². The van der Waals surface area contributed by atoms with E-state index < -0.39 is 0 Å². The summed E-state index contributed by atoms with van der Waals surface area (Å²) in [6, 6.07) is 4.66. The Bertz CT molecular complexity index is 485. The van der Waals surface area contributed by atoms with Crippen LogP contribution in [-0.4, -0.2) is 17.1 Å². The number of halogens is 1. The first-order valence-corrected chi connectivity index (χ1v) is 5.28. The Morgan fingerprint density at radius 3 is 3.00 bits per heavy atom. The lowest BCUT2D eigenvalue weighted by Crippen LogP contribution is -2.15. The number of nitrogens with zero attached hydrogens (tertiary/aromatic N) is 1. The largest absolute Gasteiger partial charge is 0.494 e. The van der Waals surface area contributed by atoms with Crippen molar-refractivity contribution < 1.29 is 9.13 Å². The number of rotatable bonds is 4. The summed E-state index contributed by atoms with van der Waals surface area (Å²) in [6.45, 7) is 0. The number of hydrogen-bond acceptors (Lipinski definition) is 3. The van der Waals surface area contributed by atoms with Gasteiger partial charge < -0.3 is 15.5 Å². The predicted molar refractivity (Wildman–Crippen MR) is 62.2 cm³/mol. The van der Waals surface area contributed by atoms with Gasteiger partial charge in [0.15, 0.2) is 11.6 Å². The van der Waals surface area contributed by atoms with Crippen LogP contribution in [0.25, 0.3) is 0 Å². The summed E-state index contributed by atoms with van der Waals surface area (Å²) in [4.78, 5) is 6.97. The molecular weight excluding hydrogens is 221 g/mol. The average Bonchev–Trinajstić information content (AvgIpc) is 2.85. The lowest BCUT2D eigenvalue weighted by atomic mass is 10.1. The Morgan fingerprint density at radius 1 is 1.53 bits per heavy atom. The van der Waals surface area contributed by atoms with Crippen LogP contribution < -0.4 is 10.5 Å². The molecule has 90 valence electrons. The van der Waals surface area contributed by atoms with Crippen LogP contribution in [0.4, 0.5) is 4.39 Å². The lowest BCUT2D eigenvalue weighted by molar-refractivity contribution is 0.383. The fraction of sp³-hybridized carbons (Fsp3) is 0.250. The van der Waals surface area contributed by atoms with Gasteiger partial charge in [0.25, 0.3) is 0 Å². The Hall–Kier alpha value is -1.88. The molecule has 1 heterocycles. The highest BCUT2D eigenvalue weighted by Crippen LogP contribution is 2.23. The van der Waals surface area contributed by atoms with E-state index in [0.717, 1.165) is 0 Å². The number of imidazole rings is 1. The molecule has 0 saturated carbocycles. The molecule has 3 N–H and O–H groups in total. The fourth-order valence-corrected chi connectivity index (χ4v) is 1.69. The fourth-order valence-electron chi connectivity index (χ4n) is 1.69. The molecule has 0 amide bonds. The third-order valence-electron chi connectivity index (χ3n) is 2.57. The normalized spacial score (nSPS) is 12.4. The van der Waals surface area contributed by atoms with Crippen molar-refractivity contribution in [3.8, 4) is 5.75 Å². The Kier molecular flexibility index (Phi) is 3.39. The van der Waals surface area contributed by atoms with Crippen molar-refractivity contribution in [1.82, 2.24) is 9.97 Å². The minimum absolute atomic E-state index is 0.231. The van der Waals surface area contributed by atoms with Crippen molar-refractivity contribution in [2.24, 2.45) is 5.73 Å². The van der Waals surface area contributed by atoms with Crippen molar-refractivity contribution in [3.05, 3.63) is 47.8 Å². The molecule has 0 saturated heterocycles. The summed E-state index contributed by atoms with van der Waals surface area (Å²) >= 11 is 0. The summed E-state index contributed by atoms with van der Waals surface area (Å²) in [7, 11) is 1.44. The summed E-state index contributed by atoms with van der Waals surface area (Å²) in [5.74, 6) is 0.512. The first-order chi connectivity index (χ1) is 8.22. The number of H-pyrrole nitrogens is 1. The minimum atomic E-state index is -0.364. The molecule has 1 unspecified atom stereocenters. The van der Waals surface area contributed by atoms with Gasteiger partial charge in [-0.15, -0.1) is 0 Å². The molecular formula is C12H14FN3O. The molecule has 17 heavy (non-hydrogen) atoms. The zero-order valence-electron chi connectivity index (χ0n) is 9.48. The van der Waals surface area contributed by atoms with Crippen LogP contribution >= 0.6 is 0 Å². The maximum Gasteiger partial charge on any atom is 0.168 e. The monoisotopic (exact) mass is 235 g/mol. The van der Waals surface area contributed by atoms with E-state index in [1.54, 1.807) is 30.6 Å². The van der Waals surface area contributed by atoms with Gasteiger partial charge in [-0.25, -0.2) is 9.37 Å². The van der Waals surface area contributed by atoms with E-state index in [1.165, 1.54) is 7.11 Å². The van der Waals surface area contributed by atoms with E-state index in [2.05, 4.69) is 9.97 Å². The van der Waals surface area contributed by atoms with Crippen molar-refractivity contribution in [1.29, 1.82) is 0 Å². The third kappa shape index (κ3) is 2.45. The summed E-state index contributed by atoms with van der Waals surface area (Å²) in [5, 5.41) is 0. The summed E-state index contributed by atoms with van der Waals surface area (Å²) < 4.78 is 18.8. The second-order valence-electron chi connectivity index (χ2n) is 3.72. The van der Waals surface area contributed by atoms with Crippen LogP contribution in [0.2, 0.25) is 0 Å². The van der Waals surface area contributed by atoms with Gasteiger partial charge in [-0.2, -0.15) is 0 Å². The molecule has 0 fully saturated rings. The van der Waals surface area contributed by atoms with Gasteiger partial charge >= 0.3 is 0 Å². The Morgan fingerprint density at radius 2 is 2.35 bits per heavy atom. The van der Waals surface area contributed by atoms with E-state index in [0.29, 0.717) is 17.8 Å². The van der Waals surface area contributed by atoms with Crippen molar-refractivity contribution in [2.75, 3.05) is 7.11 Å². The summed E-state index contributed by atoms with van der Waals surface area (Å²) in [5.41, 5.74) is 6.45. The maximum absolute atomic E-state index is 13.9. The summed E-state index contributed by atoms with van der Waals surface area (Å²) in [6.07, 6.45) is 3.69. The molecule has 0 radical (unpaired) electrons. The van der Waals surface area contributed by atoms with Gasteiger partial charge in [-0.3, -0.25) is 0 Å². The number of nitrogens with one attached hydrogen (secondary N) is 1. The number of aromatic amines is 1. The van der Waals surface area contributed by atoms with Gasteiger partial charge in [0.2, 0.25) is 0 Å². The van der Waals surface area contributed by atoms with Crippen molar-refractivity contribution in [2.45, 2.75) is 12.5 Å². The minimum Gasteiger partial charge on any atom is -0.494 e. The highest BCUT2D eigenvalue weighted by molar-refractivity contribution is 5.31. The van der Waals surface area contributed by atoms with E-state index in [4.69, 9.17) is 10.5 Å². The number of hydrogen-bond donors (Lipinski definition) is 2. The molecule has 1 atom stereocenters. The molecule has 1 aromatic carbocycles. The predicted octanol–water partition coefficient (Wildman–Crippen LogP) is 1.80. The SMILES string of the molecule is COc1cccc(CC(N)c2ncc[nH]2)c1F. The maximum atomic E-state index is 13.9. The van der Waals surface area contributed by atoms with Crippen LogP contribution in [0.3, 0.4) is 0 Å². The molecule has 2 aromatic rings. The molecule has 1 aromatic heterocycles. The second kappa shape index (κ2) is 4.97. The van der Waals surface area contributed by atoms with Crippen LogP contribution in [0.5, 0.6) is 5.75 Å². The molecule has 0 aliphatic heterocycles. The lowest BCUT2D eigenvalue weighted by Gasteiger charge is -2.11. The average molecular weight is 235 g/mol. The van der Waals surface area contributed by atoms with Gasteiger partial charge in [0, 0.05) is 12.4 Å². The van der Waals surface area contributed by atoms with Gasteiger partial charge in [-0.1, -0.05) is 12.1 Å². The molecule has 0 aliphatic carbocycles. The van der Waals surface area contributed by atoms with Crippen LogP contribution in [0.15, 0.2) is 30.6 Å². The smallest absolute Gasteiger partial charge is 0.168 e. The van der Waals surface area contributed by atoms with E-state index >= 15 is 0 Å².